The third-order valence-corrected chi connectivity index (χ3v) is 3.21. The van der Waals surface area contributed by atoms with Gasteiger partial charge in [-0.1, -0.05) is 24.3 Å². The summed E-state index contributed by atoms with van der Waals surface area (Å²) >= 11 is 0. The van der Waals surface area contributed by atoms with E-state index in [1.54, 1.807) is 7.11 Å². The molecule has 1 aromatic carbocycles. The number of methoxy groups -OCH3 is 1. The van der Waals surface area contributed by atoms with Crippen molar-refractivity contribution in [1.82, 2.24) is 5.32 Å². The van der Waals surface area contributed by atoms with E-state index in [0.717, 1.165) is 12.0 Å². The van der Waals surface area contributed by atoms with Gasteiger partial charge in [-0.05, 0) is 37.8 Å². The number of nitrogens with one attached hydrogen (secondary N) is 1. The molecule has 0 aromatic heterocycles. The van der Waals surface area contributed by atoms with Crippen molar-refractivity contribution in [2.45, 2.75) is 38.8 Å². The number of hydrogen-bond acceptors (Lipinski definition) is 3. The molecule has 2 atom stereocenters. The first-order chi connectivity index (χ1) is 9.06. The Hall–Kier alpha value is -1.39. The van der Waals surface area contributed by atoms with Crippen molar-refractivity contribution in [2.24, 2.45) is 5.73 Å². The summed E-state index contributed by atoms with van der Waals surface area (Å²) in [7, 11) is 1.64. The fourth-order valence-corrected chi connectivity index (χ4v) is 2.05. The monoisotopic (exact) mass is 264 g/mol. The number of rotatable bonds is 7. The molecule has 0 heterocycles. The summed E-state index contributed by atoms with van der Waals surface area (Å²) in [6, 6.07) is 7.53. The van der Waals surface area contributed by atoms with Crippen molar-refractivity contribution >= 4 is 5.91 Å². The summed E-state index contributed by atoms with van der Waals surface area (Å²) in [5.41, 5.74) is 8.15. The number of aryl methyl sites for hydroxylation is 1. The second-order valence-electron chi connectivity index (χ2n) is 4.83. The van der Waals surface area contributed by atoms with Gasteiger partial charge in [-0.2, -0.15) is 0 Å². The lowest BCUT2D eigenvalue weighted by atomic mass is 10.0. The summed E-state index contributed by atoms with van der Waals surface area (Å²) < 4.78 is 4.95. The molecular weight excluding hydrogens is 240 g/mol. The summed E-state index contributed by atoms with van der Waals surface area (Å²) in [6.07, 6.45) is 1.43. The summed E-state index contributed by atoms with van der Waals surface area (Å²) in [5, 5.41) is 2.96. The first-order valence-electron chi connectivity index (χ1n) is 6.66. The highest BCUT2D eigenvalue weighted by molar-refractivity contribution is 5.81. The van der Waals surface area contributed by atoms with Crippen LogP contribution in [0, 0.1) is 6.92 Å². The number of hydrogen-bond donors (Lipinski definition) is 2. The van der Waals surface area contributed by atoms with E-state index in [0.29, 0.717) is 13.0 Å². The van der Waals surface area contributed by atoms with E-state index < -0.39 is 6.04 Å². The van der Waals surface area contributed by atoms with Crippen LogP contribution in [-0.4, -0.2) is 25.7 Å². The fraction of sp³-hybridized carbons (Fsp3) is 0.533. The van der Waals surface area contributed by atoms with Gasteiger partial charge in [-0.3, -0.25) is 4.79 Å². The van der Waals surface area contributed by atoms with Crippen molar-refractivity contribution in [3.05, 3.63) is 35.4 Å². The molecule has 0 spiro atoms. The molecule has 0 radical (unpaired) electrons. The second kappa shape index (κ2) is 7.92. The Morgan fingerprint density at radius 1 is 1.42 bits per heavy atom. The van der Waals surface area contributed by atoms with Crippen molar-refractivity contribution < 1.29 is 9.53 Å². The standard InChI is InChI=1S/C15H24N2O2/c1-11-7-4-5-8-13(11)12(2)17-15(18)14(16)9-6-10-19-3/h4-5,7-8,12,14H,6,9-10,16H2,1-3H3,(H,17,18)/t12-,14?/m1/s1. The normalized spacial score (nSPS) is 13.9. The van der Waals surface area contributed by atoms with Crippen molar-refractivity contribution in [3.8, 4) is 0 Å². The first-order valence-corrected chi connectivity index (χ1v) is 6.66. The average Bonchev–Trinajstić information content (AvgIpc) is 2.39. The van der Waals surface area contributed by atoms with E-state index in [1.807, 2.05) is 38.1 Å². The summed E-state index contributed by atoms with van der Waals surface area (Å²) in [6.45, 7) is 4.65. The second-order valence-corrected chi connectivity index (χ2v) is 4.83. The van der Waals surface area contributed by atoms with Crippen molar-refractivity contribution in [1.29, 1.82) is 0 Å². The van der Waals surface area contributed by atoms with Crippen LogP contribution in [0.25, 0.3) is 0 Å². The highest BCUT2D eigenvalue weighted by Crippen LogP contribution is 2.16. The topological polar surface area (TPSA) is 64.3 Å². The molecule has 0 aliphatic rings. The van der Waals surface area contributed by atoms with Gasteiger partial charge in [0.05, 0.1) is 12.1 Å². The van der Waals surface area contributed by atoms with Crippen LogP contribution in [0.3, 0.4) is 0 Å². The number of benzene rings is 1. The van der Waals surface area contributed by atoms with Gasteiger partial charge in [-0.25, -0.2) is 0 Å². The Balaban J connectivity index is 2.50. The molecule has 4 heteroatoms. The third-order valence-electron chi connectivity index (χ3n) is 3.21. The smallest absolute Gasteiger partial charge is 0.237 e. The van der Waals surface area contributed by atoms with Crippen molar-refractivity contribution in [2.75, 3.05) is 13.7 Å². The largest absolute Gasteiger partial charge is 0.385 e. The van der Waals surface area contributed by atoms with E-state index in [9.17, 15) is 4.79 Å². The highest BCUT2D eigenvalue weighted by atomic mass is 16.5. The van der Waals surface area contributed by atoms with Crippen LogP contribution in [-0.2, 0) is 9.53 Å². The van der Waals surface area contributed by atoms with Crippen molar-refractivity contribution in [3.63, 3.8) is 0 Å². The predicted molar refractivity (Wildman–Crippen MR) is 76.8 cm³/mol. The van der Waals surface area contributed by atoms with E-state index >= 15 is 0 Å². The molecule has 1 rings (SSSR count). The zero-order chi connectivity index (χ0) is 14.3. The van der Waals surface area contributed by atoms with Gasteiger partial charge in [-0.15, -0.1) is 0 Å². The first kappa shape index (κ1) is 15.7. The van der Waals surface area contributed by atoms with Gasteiger partial charge >= 0.3 is 0 Å². The maximum atomic E-state index is 12.0. The van der Waals surface area contributed by atoms with Crippen LogP contribution in [0.15, 0.2) is 24.3 Å². The molecule has 4 nitrogen and oxygen atoms in total. The molecular formula is C15H24N2O2. The lowest BCUT2D eigenvalue weighted by molar-refractivity contribution is -0.123. The van der Waals surface area contributed by atoms with Crippen LogP contribution < -0.4 is 11.1 Å². The SMILES string of the molecule is COCCCC(N)C(=O)N[C@H](C)c1ccccc1C. The predicted octanol–water partition coefficient (Wildman–Crippen LogP) is 1.93. The lowest BCUT2D eigenvalue weighted by Gasteiger charge is -2.19. The van der Waals surface area contributed by atoms with E-state index in [4.69, 9.17) is 10.5 Å². The molecule has 0 fully saturated rings. The van der Waals surface area contributed by atoms with Gasteiger partial charge in [0.25, 0.3) is 0 Å². The molecule has 1 aromatic rings. The maximum absolute atomic E-state index is 12.0. The van der Waals surface area contributed by atoms with E-state index in [2.05, 4.69) is 5.32 Å². The van der Waals surface area contributed by atoms with Gasteiger partial charge in [0.15, 0.2) is 0 Å². The van der Waals surface area contributed by atoms with Crippen LogP contribution in [0.1, 0.15) is 36.9 Å². The number of nitrogens with two attached hydrogens (primary N) is 1. The van der Waals surface area contributed by atoms with Crippen LogP contribution in [0.2, 0.25) is 0 Å². The molecule has 106 valence electrons. The van der Waals surface area contributed by atoms with Gasteiger partial charge in [0.1, 0.15) is 0 Å². The minimum Gasteiger partial charge on any atom is -0.385 e. The Labute approximate surface area is 115 Å². The molecule has 1 unspecified atom stereocenters. The molecule has 3 N–H and O–H groups in total. The Morgan fingerprint density at radius 3 is 2.74 bits per heavy atom. The van der Waals surface area contributed by atoms with E-state index in [1.165, 1.54) is 5.56 Å². The molecule has 0 saturated carbocycles. The number of ether oxygens (including phenoxy) is 1. The summed E-state index contributed by atoms with van der Waals surface area (Å²) in [4.78, 5) is 12.0. The molecule has 0 aliphatic heterocycles. The number of amides is 1. The summed E-state index contributed by atoms with van der Waals surface area (Å²) in [5.74, 6) is -0.105. The Bertz CT molecular complexity index is 407. The number of carbonyl (C=O) groups is 1. The number of carbonyl (C=O) groups excluding carboxylic acids is 1. The third kappa shape index (κ3) is 5.01. The lowest BCUT2D eigenvalue weighted by Crippen LogP contribution is -2.41. The minimum atomic E-state index is -0.471. The van der Waals surface area contributed by atoms with Crippen LogP contribution >= 0.6 is 0 Å². The molecule has 19 heavy (non-hydrogen) atoms. The van der Waals surface area contributed by atoms with Crippen LogP contribution in [0.4, 0.5) is 0 Å². The van der Waals surface area contributed by atoms with Gasteiger partial charge in [0, 0.05) is 13.7 Å². The molecule has 0 bridgehead atoms. The van der Waals surface area contributed by atoms with Crippen LogP contribution in [0.5, 0.6) is 0 Å². The average molecular weight is 264 g/mol. The van der Waals surface area contributed by atoms with Gasteiger partial charge < -0.3 is 15.8 Å². The Kier molecular flexibility index (Phi) is 6.53. The van der Waals surface area contributed by atoms with E-state index in [-0.39, 0.29) is 11.9 Å². The fourth-order valence-electron chi connectivity index (χ4n) is 2.05. The molecule has 0 saturated heterocycles. The van der Waals surface area contributed by atoms with Gasteiger partial charge in [0.2, 0.25) is 5.91 Å². The minimum absolute atomic E-state index is 0.0258. The zero-order valence-corrected chi connectivity index (χ0v) is 12.0. The Morgan fingerprint density at radius 2 is 2.11 bits per heavy atom. The zero-order valence-electron chi connectivity index (χ0n) is 12.0. The quantitative estimate of drug-likeness (QED) is 0.740. The molecule has 0 aliphatic carbocycles. The molecule has 1 amide bonds. The highest BCUT2D eigenvalue weighted by Gasteiger charge is 2.16. The maximum Gasteiger partial charge on any atom is 0.237 e.